The highest BCUT2D eigenvalue weighted by Crippen LogP contribution is 2.26. The molecule has 0 aliphatic carbocycles. The van der Waals surface area contributed by atoms with Gasteiger partial charge in [0.2, 0.25) is 11.7 Å². The number of hydrogen-bond acceptors (Lipinski definition) is 6. The van der Waals surface area contributed by atoms with Gasteiger partial charge < -0.3 is 9.26 Å². The lowest BCUT2D eigenvalue weighted by Crippen LogP contribution is -2.08. The summed E-state index contributed by atoms with van der Waals surface area (Å²) in [6.45, 7) is 0. The van der Waals surface area contributed by atoms with E-state index in [-0.39, 0.29) is 12.4 Å². The first-order chi connectivity index (χ1) is 11.6. The molecule has 0 radical (unpaired) electrons. The molecule has 0 atom stereocenters. The zero-order valence-electron chi connectivity index (χ0n) is 12.4. The van der Waals surface area contributed by atoms with E-state index < -0.39 is 0 Å². The minimum atomic E-state index is -0.355. The molecular weight excluding hydrogens is 371 g/mol. The fourth-order valence-electron chi connectivity index (χ4n) is 1.97. The van der Waals surface area contributed by atoms with Crippen molar-refractivity contribution < 1.29 is 14.1 Å². The van der Waals surface area contributed by atoms with Gasteiger partial charge in [-0.2, -0.15) is 4.98 Å². The number of thiophene rings is 1. The van der Waals surface area contributed by atoms with E-state index >= 15 is 0 Å². The number of halogens is 2. The Bertz CT molecular complexity index is 834. The van der Waals surface area contributed by atoms with Gasteiger partial charge in [0.1, 0.15) is 5.75 Å². The van der Waals surface area contributed by atoms with Gasteiger partial charge >= 0.3 is 5.97 Å². The van der Waals surface area contributed by atoms with E-state index in [2.05, 4.69) is 10.1 Å². The fraction of sp³-hybridized carbons (Fsp3) is 0.188. The summed E-state index contributed by atoms with van der Waals surface area (Å²) in [5.74, 6) is 1.08. The Balaban J connectivity index is 1.47. The average Bonchev–Trinajstić information content (AvgIpc) is 3.22. The molecule has 3 rings (SSSR count). The van der Waals surface area contributed by atoms with Gasteiger partial charge in [-0.15, -0.1) is 11.3 Å². The second-order valence-electron chi connectivity index (χ2n) is 4.89. The Hall–Kier alpha value is -1.89. The van der Waals surface area contributed by atoms with Crippen molar-refractivity contribution in [2.24, 2.45) is 0 Å². The van der Waals surface area contributed by atoms with Gasteiger partial charge in [-0.1, -0.05) is 34.4 Å². The van der Waals surface area contributed by atoms with Crippen LogP contribution in [0.25, 0.3) is 10.7 Å². The smallest absolute Gasteiger partial charge is 0.311 e. The molecule has 3 aromatic rings. The van der Waals surface area contributed by atoms with E-state index in [1.54, 1.807) is 23.5 Å². The summed E-state index contributed by atoms with van der Waals surface area (Å²) in [7, 11) is 0. The topological polar surface area (TPSA) is 65.2 Å². The molecule has 0 spiro atoms. The first-order valence-electron chi connectivity index (χ1n) is 7.14. The standard InChI is InChI=1S/C16H12Cl2N2O3S/c17-11-7-6-10(9-12(11)18)22-15(21)5-1-4-14-19-16(20-23-14)13-3-2-8-24-13/h2-3,6-9H,1,4-5H2. The van der Waals surface area contributed by atoms with E-state index in [1.807, 2.05) is 17.5 Å². The number of ether oxygens (including phenoxy) is 1. The summed E-state index contributed by atoms with van der Waals surface area (Å²) in [4.78, 5) is 17.1. The largest absolute Gasteiger partial charge is 0.426 e. The lowest BCUT2D eigenvalue weighted by Gasteiger charge is -2.04. The molecule has 0 aliphatic rings. The molecule has 24 heavy (non-hydrogen) atoms. The molecule has 8 heteroatoms. The monoisotopic (exact) mass is 382 g/mol. The molecule has 0 N–H and O–H groups in total. The van der Waals surface area contributed by atoms with Crippen LogP contribution in [-0.4, -0.2) is 16.1 Å². The van der Waals surface area contributed by atoms with Crippen LogP contribution in [0, 0.1) is 0 Å². The number of benzene rings is 1. The molecule has 0 bridgehead atoms. The minimum Gasteiger partial charge on any atom is -0.426 e. The lowest BCUT2D eigenvalue weighted by molar-refractivity contribution is -0.134. The van der Waals surface area contributed by atoms with E-state index in [0.29, 0.717) is 40.4 Å². The molecule has 0 aliphatic heterocycles. The Morgan fingerprint density at radius 3 is 2.88 bits per heavy atom. The van der Waals surface area contributed by atoms with Crippen LogP contribution in [0.1, 0.15) is 18.7 Å². The third kappa shape index (κ3) is 4.35. The molecule has 2 aromatic heterocycles. The maximum Gasteiger partial charge on any atom is 0.311 e. The van der Waals surface area contributed by atoms with Crippen molar-refractivity contribution in [1.82, 2.24) is 10.1 Å². The number of aryl methyl sites for hydroxylation is 1. The maximum absolute atomic E-state index is 11.8. The van der Waals surface area contributed by atoms with Crippen molar-refractivity contribution in [3.63, 3.8) is 0 Å². The van der Waals surface area contributed by atoms with Crippen molar-refractivity contribution in [3.05, 3.63) is 51.6 Å². The summed E-state index contributed by atoms with van der Waals surface area (Å²) in [5, 5.41) is 6.62. The highest BCUT2D eigenvalue weighted by atomic mass is 35.5. The Labute approximate surface area is 152 Å². The van der Waals surface area contributed by atoms with Crippen molar-refractivity contribution in [3.8, 4) is 16.5 Å². The second-order valence-corrected chi connectivity index (χ2v) is 6.65. The van der Waals surface area contributed by atoms with Crippen LogP contribution in [0.2, 0.25) is 10.0 Å². The molecule has 1 aromatic carbocycles. The van der Waals surface area contributed by atoms with Crippen LogP contribution >= 0.6 is 34.5 Å². The van der Waals surface area contributed by atoms with Crippen molar-refractivity contribution >= 4 is 40.5 Å². The third-order valence-corrected chi connectivity index (χ3v) is 4.71. The lowest BCUT2D eigenvalue weighted by atomic mass is 10.2. The zero-order chi connectivity index (χ0) is 16.9. The third-order valence-electron chi connectivity index (χ3n) is 3.10. The van der Waals surface area contributed by atoms with E-state index in [0.717, 1.165) is 4.88 Å². The SMILES string of the molecule is O=C(CCCc1nc(-c2cccs2)no1)Oc1ccc(Cl)c(Cl)c1. The number of hydrogen-bond donors (Lipinski definition) is 0. The molecule has 0 amide bonds. The molecular formula is C16H12Cl2N2O3S. The Kier molecular flexibility index (Phi) is 5.50. The molecule has 0 saturated heterocycles. The first kappa shape index (κ1) is 17.0. The summed E-state index contributed by atoms with van der Waals surface area (Å²) in [5.41, 5.74) is 0. The van der Waals surface area contributed by atoms with Gasteiger partial charge in [0.15, 0.2) is 0 Å². The maximum atomic E-state index is 11.8. The predicted octanol–water partition coefficient (Wildman–Crippen LogP) is 5.03. The zero-order valence-corrected chi connectivity index (χ0v) is 14.7. The second kappa shape index (κ2) is 7.79. The molecule has 0 fully saturated rings. The summed E-state index contributed by atoms with van der Waals surface area (Å²) >= 11 is 13.2. The van der Waals surface area contributed by atoms with Crippen LogP contribution in [-0.2, 0) is 11.2 Å². The summed E-state index contributed by atoms with van der Waals surface area (Å²) < 4.78 is 10.4. The minimum absolute atomic E-state index is 0.233. The van der Waals surface area contributed by atoms with Gasteiger partial charge in [0.25, 0.3) is 0 Å². The van der Waals surface area contributed by atoms with E-state index in [1.165, 1.54) is 6.07 Å². The van der Waals surface area contributed by atoms with Gasteiger partial charge in [-0.3, -0.25) is 4.79 Å². The van der Waals surface area contributed by atoms with Crippen LogP contribution in [0.15, 0.2) is 40.2 Å². The normalized spacial score (nSPS) is 10.8. The van der Waals surface area contributed by atoms with Crippen molar-refractivity contribution in [1.29, 1.82) is 0 Å². The van der Waals surface area contributed by atoms with Gasteiger partial charge in [-0.05, 0) is 30.0 Å². The highest BCUT2D eigenvalue weighted by Gasteiger charge is 2.11. The molecule has 5 nitrogen and oxygen atoms in total. The molecule has 0 unspecified atom stereocenters. The quantitative estimate of drug-likeness (QED) is 0.441. The number of aromatic nitrogens is 2. The predicted molar refractivity (Wildman–Crippen MR) is 92.6 cm³/mol. The van der Waals surface area contributed by atoms with Crippen molar-refractivity contribution in [2.75, 3.05) is 0 Å². The van der Waals surface area contributed by atoms with Crippen molar-refractivity contribution in [2.45, 2.75) is 19.3 Å². The number of rotatable bonds is 6. The van der Waals surface area contributed by atoms with Gasteiger partial charge in [-0.25, -0.2) is 0 Å². The fourth-order valence-corrected chi connectivity index (χ4v) is 2.91. The average molecular weight is 383 g/mol. The number of nitrogens with zero attached hydrogens (tertiary/aromatic N) is 2. The van der Waals surface area contributed by atoms with Gasteiger partial charge in [0, 0.05) is 18.9 Å². The van der Waals surface area contributed by atoms with Crippen LogP contribution in [0.4, 0.5) is 0 Å². The molecule has 0 saturated carbocycles. The summed E-state index contributed by atoms with van der Waals surface area (Å²) in [6.07, 6.45) is 1.29. The Morgan fingerprint density at radius 1 is 1.25 bits per heavy atom. The van der Waals surface area contributed by atoms with Gasteiger partial charge in [0.05, 0.1) is 14.9 Å². The summed E-state index contributed by atoms with van der Waals surface area (Å²) in [6, 6.07) is 8.53. The van der Waals surface area contributed by atoms with Crippen LogP contribution in [0.3, 0.4) is 0 Å². The van der Waals surface area contributed by atoms with E-state index in [4.69, 9.17) is 32.5 Å². The van der Waals surface area contributed by atoms with Crippen LogP contribution < -0.4 is 4.74 Å². The Morgan fingerprint density at radius 2 is 2.12 bits per heavy atom. The van der Waals surface area contributed by atoms with Crippen LogP contribution in [0.5, 0.6) is 5.75 Å². The van der Waals surface area contributed by atoms with E-state index in [9.17, 15) is 4.79 Å². The number of esters is 1. The highest BCUT2D eigenvalue weighted by molar-refractivity contribution is 7.13. The number of carbonyl (C=O) groups excluding carboxylic acids is 1. The first-order valence-corrected chi connectivity index (χ1v) is 8.77. The molecule has 124 valence electrons. The number of carbonyl (C=O) groups is 1. The molecule has 2 heterocycles.